The topological polar surface area (TPSA) is 167 Å². The lowest BCUT2D eigenvalue weighted by atomic mass is 9.91. The van der Waals surface area contributed by atoms with Crippen LogP contribution in [0.4, 0.5) is 4.39 Å². The lowest BCUT2D eigenvalue weighted by Gasteiger charge is -2.31. The Hall–Kier alpha value is -5.29. The predicted molar refractivity (Wildman–Crippen MR) is 227 cm³/mol. The van der Waals surface area contributed by atoms with Gasteiger partial charge in [0.25, 0.3) is 5.88 Å². The van der Waals surface area contributed by atoms with Gasteiger partial charge in [-0.25, -0.2) is 9.37 Å². The number of carbonyl (C=O) groups excluding carboxylic acids is 2. The molecule has 2 aliphatic heterocycles. The summed E-state index contributed by atoms with van der Waals surface area (Å²) in [4.78, 5) is 38.2. The highest BCUT2D eigenvalue weighted by molar-refractivity contribution is 7.18. The van der Waals surface area contributed by atoms with Gasteiger partial charge < -0.3 is 29.7 Å². The molecule has 16 heteroatoms. The number of amides is 2. The summed E-state index contributed by atoms with van der Waals surface area (Å²) in [7, 11) is 0. The standard InChI is InChI=1S/C44H48FN7O6S2/c1-24(2)38(44(56)52-22-30(53)19-34(52)42(55)47-25(3)27-9-11-28(12-10-27)40-26(4)46-23-59-40)36-21-37(50-58-36)57-18-17-51-15-13-29(14-16-51)41-39(45)32-20-33(48-49-43(32)60-41)31-7-5-6-8-35(31)54/h5-12,20-21,23-25,29-30,34,38,53-54H,13-19,22H2,1-4H3,(H,47,55)/t25-,30+,34-,38+/m0/s1. The summed E-state index contributed by atoms with van der Waals surface area (Å²) in [6, 6.07) is 16.9. The number of nitrogens with zero attached hydrogens (tertiary/aromatic N) is 6. The van der Waals surface area contributed by atoms with E-state index in [9.17, 15) is 19.8 Å². The van der Waals surface area contributed by atoms with Gasteiger partial charge in [0.1, 0.15) is 35.0 Å². The number of nitrogens with one attached hydrogen (secondary N) is 1. The van der Waals surface area contributed by atoms with Crippen LogP contribution < -0.4 is 10.1 Å². The Morgan fingerprint density at radius 1 is 1.07 bits per heavy atom. The second-order valence-corrected chi connectivity index (χ2v) is 17.9. The Kier molecular flexibility index (Phi) is 12.3. The average molecular weight is 854 g/mol. The molecule has 0 spiro atoms. The maximum absolute atomic E-state index is 15.7. The second kappa shape index (κ2) is 17.7. The number of fused-ring (bicyclic) bond motifs is 1. The van der Waals surface area contributed by atoms with E-state index in [-0.39, 0.29) is 60.1 Å². The van der Waals surface area contributed by atoms with Gasteiger partial charge in [-0.05, 0) is 86.1 Å². The summed E-state index contributed by atoms with van der Waals surface area (Å²) < 4.78 is 27.4. The Bertz CT molecular complexity index is 2460. The molecule has 13 nitrogen and oxygen atoms in total. The van der Waals surface area contributed by atoms with E-state index < -0.39 is 18.1 Å². The molecule has 6 aromatic rings. The average Bonchev–Trinajstić information content (AvgIpc) is 4.05. The number of benzene rings is 2. The molecule has 3 N–H and O–H groups in total. The molecule has 314 valence electrons. The molecule has 2 amide bonds. The van der Waals surface area contributed by atoms with Crippen LogP contribution in [0.5, 0.6) is 11.6 Å². The van der Waals surface area contributed by atoms with Crippen molar-refractivity contribution in [3.63, 3.8) is 0 Å². The van der Waals surface area contributed by atoms with E-state index in [1.165, 1.54) is 16.2 Å². The number of thiophene rings is 1. The number of ether oxygens (including phenoxy) is 1. The highest BCUT2D eigenvalue weighted by atomic mass is 32.1. The van der Waals surface area contributed by atoms with E-state index in [2.05, 4.69) is 30.6 Å². The number of aromatic nitrogens is 4. The number of thiazole rings is 1. The van der Waals surface area contributed by atoms with E-state index in [1.54, 1.807) is 47.7 Å². The van der Waals surface area contributed by atoms with E-state index >= 15 is 4.39 Å². The van der Waals surface area contributed by atoms with Crippen LogP contribution in [-0.2, 0) is 9.59 Å². The Morgan fingerprint density at radius 2 is 1.83 bits per heavy atom. The third kappa shape index (κ3) is 8.64. The van der Waals surface area contributed by atoms with Crippen molar-refractivity contribution in [3.05, 3.63) is 93.9 Å². The van der Waals surface area contributed by atoms with Gasteiger partial charge in [-0.15, -0.1) is 32.9 Å². The first-order valence-corrected chi connectivity index (χ1v) is 22.0. The SMILES string of the molecule is Cc1ncsc1-c1ccc([C@H](C)NC(=O)[C@@H]2C[C@@H](O)CN2C(=O)[C@@H](c2cc(OCCN3CCC(c4sc5nnc(-c6ccccc6O)cc5c4F)CC3)no2)C(C)C)cc1. The molecular weight excluding hydrogens is 806 g/mol. The minimum Gasteiger partial charge on any atom is -0.507 e. The third-order valence-electron chi connectivity index (χ3n) is 11.6. The zero-order valence-corrected chi connectivity index (χ0v) is 35.5. The van der Waals surface area contributed by atoms with Gasteiger partial charge in [-0.1, -0.05) is 50.2 Å². The summed E-state index contributed by atoms with van der Waals surface area (Å²) in [5.41, 5.74) is 5.71. The van der Waals surface area contributed by atoms with E-state index in [4.69, 9.17) is 9.26 Å². The first-order chi connectivity index (χ1) is 28.9. The normalized spacial score (nSPS) is 18.6. The summed E-state index contributed by atoms with van der Waals surface area (Å²) in [6.07, 6.45) is 0.853. The minimum atomic E-state index is -0.843. The molecule has 0 radical (unpaired) electrons. The summed E-state index contributed by atoms with van der Waals surface area (Å²) in [6.45, 7) is 10.2. The fourth-order valence-electron chi connectivity index (χ4n) is 8.28. The zero-order chi connectivity index (χ0) is 42.1. The number of carbonyl (C=O) groups is 2. The van der Waals surface area contributed by atoms with E-state index in [1.807, 2.05) is 57.5 Å². The van der Waals surface area contributed by atoms with Crippen LogP contribution in [0.3, 0.4) is 0 Å². The van der Waals surface area contributed by atoms with Crippen molar-refractivity contribution >= 4 is 44.7 Å². The van der Waals surface area contributed by atoms with E-state index in [0.717, 1.165) is 47.6 Å². The van der Waals surface area contributed by atoms with Gasteiger partial charge in [0.2, 0.25) is 11.8 Å². The van der Waals surface area contributed by atoms with Crippen LogP contribution in [0, 0.1) is 18.7 Å². The molecule has 2 fully saturated rings. The summed E-state index contributed by atoms with van der Waals surface area (Å²) in [5, 5.41) is 37.0. The molecule has 4 atom stereocenters. The highest BCUT2D eigenvalue weighted by Gasteiger charge is 2.43. The number of likely N-dealkylation sites (tertiary alicyclic amines) is 2. The molecule has 0 aliphatic carbocycles. The van der Waals surface area contributed by atoms with Crippen LogP contribution in [0.25, 0.3) is 31.9 Å². The first-order valence-electron chi connectivity index (χ1n) is 20.3. The number of piperidine rings is 1. The first kappa shape index (κ1) is 41.4. The van der Waals surface area contributed by atoms with Gasteiger partial charge >= 0.3 is 0 Å². The van der Waals surface area contributed by atoms with Crippen LogP contribution in [0.2, 0.25) is 0 Å². The number of hydrogen-bond acceptors (Lipinski definition) is 13. The maximum atomic E-state index is 15.7. The third-order valence-corrected chi connectivity index (χ3v) is 13.8. The van der Waals surface area contributed by atoms with Gasteiger partial charge in [0.05, 0.1) is 39.3 Å². The van der Waals surface area contributed by atoms with Gasteiger partial charge in [-0.2, -0.15) is 0 Å². The molecule has 0 saturated carbocycles. The molecule has 0 bridgehead atoms. The predicted octanol–water partition coefficient (Wildman–Crippen LogP) is 7.46. The van der Waals surface area contributed by atoms with Crippen molar-refractivity contribution in [2.75, 3.05) is 32.8 Å². The van der Waals surface area contributed by atoms with Crippen molar-refractivity contribution in [1.82, 2.24) is 35.5 Å². The van der Waals surface area contributed by atoms with Crippen molar-refractivity contribution in [2.45, 2.75) is 77.0 Å². The van der Waals surface area contributed by atoms with Gasteiger partial charge in [-0.3, -0.25) is 14.5 Å². The number of phenols is 1. The Labute approximate surface area is 355 Å². The number of aromatic hydroxyl groups is 1. The lowest BCUT2D eigenvalue weighted by molar-refractivity contribution is -0.141. The minimum absolute atomic E-state index is 0.0375. The lowest BCUT2D eigenvalue weighted by Crippen LogP contribution is -2.48. The molecular formula is C44H48FN7O6S2. The van der Waals surface area contributed by atoms with Crippen molar-refractivity contribution in [2.24, 2.45) is 5.92 Å². The molecule has 6 heterocycles. The monoisotopic (exact) mass is 853 g/mol. The van der Waals surface area contributed by atoms with Crippen LogP contribution in [-0.4, -0.2) is 97.1 Å². The van der Waals surface area contributed by atoms with Gasteiger partial charge in [0, 0.05) is 36.0 Å². The van der Waals surface area contributed by atoms with E-state index in [0.29, 0.717) is 45.3 Å². The molecule has 2 saturated heterocycles. The number of aliphatic hydroxyl groups excluding tert-OH is 1. The van der Waals surface area contributed by atoms with Crippen molar-refractivity contribution in [1.29, 1.82) is 0 Å². The van der Waals surface area contributed by atoms with Crippen LogP contribution in [0.15, 0.2) is 70.7 Å². The quantitative estimate of drug-likeness (QED) is 0.106. The highest BCUT2D eigenvalue weighted by Crippen LogP contribution is 2.40. The molecule has 2 aliphatic rings. The smallest absolute Gasteiger partial charge is 0.254 e. The molecule has 2 aromatic carbocycles. The number of halogens is 1. The van der Waals surface area contributed by atoms with Crippen LogP contribution in [0.1, 0.15) is 79.8 Å². The fourth-order valence-corrected chi connectivity index (χ4v) is 10.2. The van der Waals surface area contributed by atoms with Gasteiger partial charge in [0.15, 0.2) is 5.76 Å². The summed E-state index contributed by atoms with van der Waals surface area (Å²) in [5.74, 6) is -1.13. The zero-order valence-electron chi connectivity index (χ0n) is 33.9. The number of β-amino-alcohol motifs (C(OH)–C–C–N with tert-alkyl or cyclic N) is 1. The van der Waals surface area contributed by atoms with Crippen LogP contribution >= 0.6 is 22.7 Å². The van der Waals surface area contributed by atoms with Crippen molar-refractivity contribution in [3.8, 4) is 33.3 Å². The Balaban J connectivity index is 0.839. The number of para-hydroxylation sites is 1. The Morgan fingerprint density at radius 3 is 2.55 bits per heavy atom. The number of aryl methyl sites for hydroxylation is 1. The molecule has 4 aromatic heterocycles. The number of hydrogen-bond donors (Lipinski definition) is 3. The number of aliphatic hydroxyl groups is 1. The summed E-state index contributed by atoms with van der Waals surface area (Å²) >= 11 is 2.92. The number of rotatable bonds is 13. The molecule has 0 unspecified atom stereocenters. The molecule has 60 heavy (non-hydrogen) atoms. The maximum Gasteiger partial charge on any atom is 0.254 e. The largest absolute Gasteiger partial charge is 0.507 e. The molecule has 8 rings (SSSR count). The van der Waals surface area contributed by atoms with Crippen molar-refractivity contribution < 1.29 is 33.5 Å². The second-order valence-electron chi connectivity index (χ2n) is 16.0. The number of phenolic OH excluding ortho intramolecular Hbond substituents is 1. The fraction of sp³-hybridized carbons (Fsp3) is 0.409.